The van der Waals surface area contributed by atoms with Crippen LogP contribution in [-0.2, 0) is 31.5 Å². The molecular weight excluding hydrogens is 560 g/mol. The lowest BCUT2D eigenvalue weighted by atomic mass is 9.72. The fraction of sp³-hybridized carbons (Fsp3) is 0.435. The van der Waals surface area contributed by atoms with E-state index in [9.17, 15) is 53.4 Å². The van der Waals surface area contributed by atoms with E-state index >= 15 is 0 Å². The monoisotopic (exact) mass is 578 g/mol. The van der Waals surface area contributed by atoms with Gasteiger partial charge in [-0.05, 0) is 67.0 Å². The van der Waals surface area contributed by atoms with E-state index in [4.69, 9.17) is 0 Å². The molecule has 1 fully saturated rings. The van der Waals surface area contributed by atoms with Crippen molar-refractivity contribution in [2.75, 3.05) is 0 Å². The summed E-state index contributed by atoms with van der Waals surface area (Å²) in [6.45, 7) is 0. The van der Waals surface area contributed by atoms with Crippen LogP contribution in [0.2, 0.25) is 0 Å². The maximum Gasteiger partial charge on any atom is 0.435 e. The van der Waals surface area contributed by atoms with Crippen molar-refractivity contribution in [1.29, 1.82) is 0 Å². The molecular formula is C23H19ClF8O4S. The highest BCUT2D eigenvalue weighted by Gasteiger charge is 2.73. The first-order valence-electron chi connectivity index (χ1n) is 10.7. The summed E-state index contributed by atoms with van der Waals surface area (Å²) >= 11 is 0. The second-order valence-corrected chi connectivity index (χ2v) is 11.2. The van der Waals surface area contributed by atoms with Crippen LogP contribution in [-0.4, -0.2) is 31.8 Å². The molecule has 0 heterocycles. The van der Waals surface area contributed by atoms with E-state index in [-0.39, 0.29) is 60.2 Å². The number of carboxylic acids is 1. The third-order valence-corrected chi connectivity index (χ3v) is 9.88. The molecule has 0 aromatic heterocycles. The van der Waals surface area contributed by atoms with Crippen molar-refractivity contribution < 1.29 is 53.4 Å². The van der Waals surface area contributed by atoms with Crippen LogP contribution in [0.3, 0.4) is 0 Å². The normalized spacial score (nSPS) is 24.1. The fourth-order valence-electron chi connectivity index (χ4n) is 5.67. The van der Waals surface area contributed by atoms with Crippen LogP contribution in [0.25, 0.3) is 0 Å². The third-order valence-electron chi connectivity index (χ3n) is 7.30. The minimum Gasteiger partial charge on any atom is -0.481 e. The van der Waals surface area contributed by atoms with Gasteiger partial charge in [0.1, 0.15) is 10.6 Å². The highest BCUT2D eigenvalue weighted by molar-refractivity contribution is 7.92. The highest BCUT2D eigenvalue weighted by atomic mass is 35.5. The molecule has 4 nitrogen and oxygen atoms in total. The van der Waals surface area contributed by atoms with Gasteiger partial charge in [0.25, 0.3) is 0 Å². The Kier molecular flexibility index (Phi) is 7.17. The lowest BCUT2D eigenvalue weighted by Crippen LogP contribution is -2.51. The first-order chi connectivity index (χ1) is 16.5. The Balaban J connectivity index is 0.00000380. The number of carbonyl (C=O) groups is 1. The number of alkyl halides is 7. The summed E-state index contributed by atoms with van der Waals surface area (Å²) in [4.78, 5) is 11.5. The summed E-state index contributed by atoms with van der Waals surface area (Å²) in [5.74, 6) is -4.28. The van der Waals surface area contributed by atoms with Crippen LogP contribution in [0.4, 0.5) is 35.1 Å². The molecule has 1 N–H and O–H groups in total. The lowest BCUT2D eigenvalue weighted by Gasteiger charge is -2.42. The molecule has 0 bridgehead atoms. The summed E-state index contributed by atoms with van der Waals surface area (Å²) < 4.78 is 134. The summed E-state index contributed by atoms with van der Waals surface area (Å²) in [7, 11) is -4.53. The van der Waals surface area contributed by atoms with Crippen LogP contribution in [0, 0.1) is 17.7 Å². The maximum atomic E-state index is 14.7. The molecule has 0 aliphatic heterocycles. The minimum atomic E-state index is -6.35. The van der Waals surface area contributed by atoms with Crippen molar-refractivity contribution in [1.82, 2.24) is 0 Å². The standard InChI is InChI=1S/C23H18F8O4S.ClH/c24-14-3-5-15(6-4-14)36(34,35)20-10-9-16(19(32)33)18(20)7-1-12-11-13(2-8-17(12)20)21(25,22(26,27)28)23(29,30)31;/h2-6,8,11,16,18H,1,7,9-10H2,(H,32,33);1H/t16-,18+,20-;/m1./s1. The number of hydrogen-bond acceptors (Lipinski definition) is 3. The van der Waals surface area contributed by atoms with Crippen molar-refractivity contribution in [3.8, 4) is 0 Å². The summed E-state index contributed by atoms with van der Waals surface area (Å²) in [6.07, 6.45) is -13.6. The van der Waals surface area contributed by atoms with E-state index in [0.717, 1.165) is 24.3 Å². The molecule has 2 aliphatic rings. The second-order valence-electron chi connectivity index (χ2n) is 9.00. The first-order valence-corrected chi connectivity index (χ1v) is 12.2. The number of carboxylic acid groups (broad SMARTS) is 1. The number of sulfone groups is 1. The van der Waals surface area contributed by atoms with Crippen LogP contribution < -0.4 is 0 Å². The van der Waals surface area contributed by atoms with E-state index in [1.807, 2.05) is 0 Å². The Bertz CT molecular complexity index is 1290. The average molecular weight is 579 g/mol. The molecule has 2 aromatic rings. The molecule has 2 aliphatic carbocycles. The van der Waals surface area contributed by atoms with Crippen LogP contribution in [0.1, 0.15) is 36.0 Å². The largest absolute Gasteiger partial charge is 0.481 e. The number of aryl methyl sites for hydroxylation is 1. The van der Waals surface area contributed by atoms with Crippen molar-refractivity contribution >= 4 is 28.2 Å². The summed E-state index contributed by atoms with van der Waals surface area (Å²) in [6, 6.07) is 4.95. The smallest absolute Gasteiger partial charge is 0.435 e. The van der Waals surface area contributed by atoms with Crippen molar-refractivity contribution in [2.45, 2.75) is 53.3 Å². The molecule has 14 heteroatoms. The van der Waals surface area contributed by atoms with E-state index in [1.165, 1.54) is 0 Å². The molecule has 0 amide bonds. The molecule has 1 saturated carbocycles. The van der Waals surface area contributed by atoms with Gasteiger partial charge >= 0.3 is 24.0 Å². The molecule has 0 spiro atoms. The van der Waals surface area contributed by atoms with Gasteiger partial charge in [0.2, 0.25) is 0 Å². The number of rotatable bonds is 4. The number of fused-ring (bicyclic) bond motifs is 3. The van der Waals surface area contributed by atoms with Gasteiger partial charge in [0.05, 0.1) is 10.8 Å². The van der Waals surface area contributed by atoms with Crippen LogP contribution >= 0.6 is 12.4 Å². The number of halogens is 9. The van der Waals surface area contributed by atoms with Crippen molar-refractivity contribution in [3.05, 3.63) is 65.0 Å². The topological polar surface area (TPSA) is 71.4 Å². The molecule has 0 saturated heterocycles. The Morgan fingerprint density at radius 3 is 2.00 bits per heavy atom. The van der Waals surface area contributed by atoms with Gasteiger partial charge in [-0.25, -0.2) is 17.2 Å². The third kappa shape index (κ3) is 4.08. The molecule has 37 heavy (non-hydrogen) atoms. The fourth-order valence-corrected chi connectivity index (χ4v) is 8.15. The van der Waals surface area contributed by atoms with Gasteiger partial charge in [-0.15, -0.1) is 12.4 Å². The zero-order chi connectivity index (χ0) is 26.9. The summed E-state index contributed by atoms with van der Waals surface area (Å²) in [5.41, 5.74) is -7.88. The average Bonchev–Trinajstić information content (AvgIpc) is 3.19. The number of hydrogen-bond donors (Lipinski definition) is 1. The Morgan fingerprint density at radius 1 is 0.919 bits per heavy atom. The Morgan fingerprint density at radius 2 is 1.49 bits per heavy atom. The van der Waals surface area contributed by atoms with Gasteiger partial charge < -0.3 is 5.11 Å². The lowest BCUT2D eigenvalue weighted by molar-refractivity contribution is -0.348. The van der Waals surface area contributed by atoms with Crippen LogP contribution in [0.5, 0.6) is 0 Å². The Labute approximate surface area is 212 Å². The Hall–Kier alpha value is -2.41. The van der Waals surface area contributed by atoms with Gasteiger partial charge in [-0.1, -0.05) is 18.2 Å². The predicted molar refractivity (Wildman–Crippen MR) is 116 cm³/mol. The molecule has 204 valence electrons. The van der Waals surface area contributed by atoms with E-state index < -0.39 is 61.8 Å². The predicted octanol–water partition coefficient (Wildman–Crippen LogP) is 6.26. The molecule has 4 rings (SSSR count). The second kappa shape index (κ2) is 9.11. The van der Waals surface area contributed by atoms with Gasteiger partial charge in [-0.2, -0.15) is 26.3 Å². The van der Waals surface area contributed by atoms with Gasteiger partial charge in [0, 0.05) is 5.56 Å². The molecule has 0 radical (unpaired) electrons. The van der Waals surface area contributed by atoms with E-state index in [2.05, 4.69) is 0 Å². The van der Waals surface area contributed by atoms with Crippen molar-refractivity contribution in [3.63, 3.8) is 0 Å². The van der Waals surface area contributed by atoms with Crippen LogP contribution in [0.15, 0.2) is 47.4 Å². The quantitative estimate of drug-likeness (QED) is 0.343. The SMILES string of the molecule is Cl.O=C(O)[C@@H]1CC[C@@]2(S(=O)(=O)c3ccc(F)cc3)c3ccc(C(F)(C(F)(F)F)C(F)(F)F)cc3CC[C@@H]12. The molecule has 3 atom stereocenters. The van der Waals surface area contributed by atoms with E-state index in [1.54, 1.807) is 0 Å². The molecule has 0 unspecified atom stereocenters. The minimum absolute atomic E-state index is 0. The van der Waals surface area contributed by atoms with Crippen molar-refractivity contribution in [2.24, 2.45) is 11.8 Å². The zero-order valence-corrected chi connectivity index (χ0v) is 20.2. The highest BCUT2D eigenvalue weighted by Crippen LogP contribution is 2.60. The zero-order valence-electron chi connectivity index (χ0n) is 18.5. The number of aliphatic carboxylic acids is 1. The van der Waals surface area contributed by atoms with Gasteiger partial charge in [-0.3, -0.25) is 4.79 Å². The summed E-state index contributed by atoms with van der Waals surface area (Å²) in [5, 5.41) is 9.67. The van der Waals surface area contributed by atoms with Gasteiger partial charge in [0.15, 0.2) is 9.84 Å². The van der Waals surface area contributed by atoms with E-state index in [0.29, 0.717) is 12.1 Å². The molecule has 2 aromatic carbocycles. The first kappa shape index (κ1) is 29.2. The number of benzene rings is 2. The maximum absolute atomic E-state index is 14.7.